The summed E-state index contributed by atoms with van der Waals surface area (Å²) >= 11 is 0. The van der Waals surface area contributed by atoms with Gasteiger partial charge in [-0.2, -0.15) is 0 Å². The van der Waals surface area contributed by atoms with Crippen LogP contribution in [0.15, 0.2) is 42.5 Å². The van der Waals surface area contributed by atoms with Crippen LogP contribution in [-0.4, -0.2) is 106 Å². The van der Waals surface area contributed by atoms with Gasteiger partial charge in [-0.15, -0.1) is 0 Å². The molecule has 2 aliphatic heterocycles. The summed E-state index contributed by atoms with van der Waals surface area (Å²) in [4.78, 5) is 29.4. The minimum atomic E-state index is -1.47. The van der Waals surface area contributed by atoms with E-state index >= 15 is 0 Å². The smallest absolute Gasteiger partial charge is 0.317 e. The van der Waals surface area contributed by atoms with E-state index in [1.54, 1.807) is 12.0 Å². The number of ether oxygens (including phenoxy) is 2. The Morgan fingerprint density at radius 2 is 1.42 bits per heavy atom. The maximum Gasteiger partial charge on any atom is 0.317 e. The van der Waals surface area contributed by atoms with Gasteiger partial charge < -0.3 is 45.6 Å². The Morgan fingerprint density at radius 1 is 0.800 bits per heavy atom. The van der Waals surface area contributed by atoms with Crippen molar-refractivity contribution in [3.05, 3.63) is 59.7 Å². The number of likely N-dealkylation sites (N-methyl/N-ethyl adjacent to an activating group) is 2. The lowest BCUT2D eigenvalue weighted by Crippen LogP contribution is -2.54. The highest BCUT2D eigenvalue weighted by Crippen LogP contribution is 2.45. The first-order chi connectivity index (χ1) is 28.9. The molecule has 60 heavy (non-hydrogen) atoms. The zero-order valence-corrected chi connectivity index (χ0v) is 37.2. The summed E-state index contributed by atoms with van der Waals surface area (Å²) in [5.74, 6) is 0.676. The molecule has 0 radical (unpaired) electrons. The summed E-state index contributed by atoms with van der Waals surface area (Å²) in [7, 11) is 5.47. The van der Waals surface area contributed by atoms with Crippen LogP contribution in [0.4, 0.5) is 18.4 Å². The fourth-order valence-electron chi connectivity index (χ4n) is 9.21. The van der Waals surface area contributed by atoms with E-state index in [1.807, 2.05) is 19.0 Å². The second-order valence-electron chi connectivity index (χ2n) is 17.7. The first kappa shape index (κ1) is 49.1. The minimum Gasteiger partial charge on any atom is -0.457 e. The Labute approximate surface area is 359 Å². The number of nitrogens with one attached hydrogen (secondary N) is 4. The van der Waals surface area contributed by atoms with Gasteiger partial charge in [-0.05, 0) is 133 Å². The lowest BCUT2D eigenvalue weighted by atomic mass is 9.73. The van der Waals surface area contributed by atoms with E-state index in [1.165, 1.54) is 81.0 Å². The van der Waals surface area contributed by atoms with E-state index in [0.717, 1.165) is 57.7 Å². The molecule has 0 aromatic heterocycles. The van der Waals surface area contributed by atoms with Gasteiger partial charge in [0.2, 0.25) is 0 Å². The molecule has 4 amide bonds. The van der Waals surface area contributed by atoms with Crippen LogP contribution in [0, 0.1) is 29.4 Å². The van der Waals surface area contributed by atoms with E-state index in [2.05, 4.69) is 35.1 Å². The number of hydrogen-bond donors (Lipinski definition) is 5. The number of halogens is 2. The molecule has 0 unspecified atom stereocenters. The van der Waals surface area contributed by atoms with Crippen molar-refractivity contribution in [2.45, 2.75) is 128 Å². The van der Waals surface area contributed by atoms with Gasteiger partial charge in [-0.1, -0.05) is 46.0 Å². The number of likely N-dealkylation sites (tertiary alicyclic amines) is 2. The van der Waals surface area contributed by atoms with Crippen LogP contribution in [0.5, 0.6) is 11.5 Å². The molecule has 2 saturated heterocycles. The number of amides is 4. The van der Waals surface area contributed by atoms with Crippen molar-refractivity contribution in [1.29, 1.82) is 0 Å². The van der Waals surface area contributed by atoms with Crippen LogP contribution in [-0.2, 0) is 10.3 Å². The van der Waals surface area contributed by atoms with Gasteiger partial charge in [0.25, 0.3) is 0 Å². The predicted octanol–water partition coefficient (Wildman–Crippen LogP) is 8.56. The first-order valence-corrected chi connectivity index (χ1v) is 22.8. The number of methoxy groups -OCH3 is 1. The van der Waals surface area contributed by atoms with Crippen molar-refractivity contribution in [2.24, 2.45) is 17.8 Å². The largest absolute Gasteiger partial charge is 0.457 e. The number of nitrogens with zero attached hydrogens (tertiary/aromatic N) is 2. The highest BCUT2D eigenvalue weighted by atomic mass is 19.1. The van der Waals surface area contributed by atoms with E-state index < -0.39 is 17.2 Å². The zero-order chi connectivity index (χ0) is 43.3. The van der Waals surface area contributed by atoms with Crippen LogP contribution in [0.3, 0.4) is 0 Å². The van der Waals surface area contributed by atoms with Gasteiger partial charge in [0, 0.05) is 76.6 Å². The Kier molecular flexibility index (Phi) is 21.3. The van der Waals surface area contributed by atoms with Crippen molar-refractivity contribution >= 4 is 12.1 Å². The maximum absolute atomic E-state index is 14.7. The standard InChI is InChI=1S/C31H45F2N3O4.C16H31N3O/c1-22(2)18-26(20-34-3)35-30(37)36-16-7-8-23(21-36)31(38,15-5-6-17-39-4)28-19-25(33)11-14-29(28)40-27-12-9-24(32)10-13-27;1-17-13-15(12-14-8-4-2-5-9-14)18-16(20)19-10-6-3-7-11-19/h9-14,19,22-23,26,34,38H,5-8,15-18,20-21H2,1-4H3,(H,35,37);14-15,17H,2-13H2,1H3,(H,18,20)/t23-,26+,31+;15-/m10/s1. The molecule has 3 fully saturated rings. The number of aliphatic hydroxyl groups is 1. The lowest BCUT2D eigenvalue weighted by Gasteiger charge is -2.43. The molecular formula is C47H76F2N6O5. The summed E-state index contributed by atoms with van der Waals surface area (Å²) in [6.45, 7) is 9.11. The average Bonchev–Trinajstić information content (AvgIpc) is 3.24. The summed E-state index contributed by atoms with van der Waals surface area (Å²) in [5, 5.41) is 25.2. The van der Waals surface area contributed by atoms with Crippen molar-refractivity contribution < 1.29 is 33.0 Å². The molecule has 2 aromatic rings. The molecule has 338 valence electrons. The third-order valence-corrected chi connectivity index (χ3v) is 12.3. The Bertz CT molecular complexity index is 1540. The quantitative estimate of drug-likeness (QED) is 0.0898. The summed E-state index contributed by atoms with van der Waals surface area (Å²) in [5.41, 5.74) is -1.14. The third kappa shape index (κ3) is 16.1. The number of benzene rings is 2. The van der Waals surface area contributed by atoms with Gasteiger partial charge >= 0.3 is 12.1 Å². The number of carbonyl (C=O) groups is 2. The molecule has 0 spiro atoms. The van der Waals surface area contributed by atoms with E-state index in [4.69, 9.17) is 9.47 Å². The van der Waals surface area contributed by atoms with Crippen LogP contribution in [0.2, 0.25) is 0 Å². The molecule has 5 N–H and O–H groups in total. The average molecular weight is 843 g/mol. The topological polar surface area (TPSA) is 127 Å². The van der Waals surface area contributed by atoms with Crippen molar-refractivity contribution in [1.82, 2.24) is 31.1 Å². The van der Waals surface area contributed by atoms with Crippen LogP contribution >= 0.6 is 0 Å². The zero-order valence-electron chi connectivity index (χ0n) is 37.2. The highest BCUT2D eigenvalue weighted by Gasteiger charge is 2.43. The number of rotatable bonds is 19. The van der Waals surface area contributed by atoms with Gasteiger partial charge in [-0.3, -0.25) is 0 Å². The Hall–Kier alpha value is -3.52. The summed E-state index contributed by atoms with van der Waals surface area (Å²) in [6, 6.07) is 9.93. The second-order valence-corrected chi connectivity index (χ2v) is 17.7. The molecule has 3 aliphatic rings. The molecule has 13 heteroatoms. The van der Waals surface area contributed by atoms with Crippen LogP contribution < -0.4 is 26.0 Å². The third-order valence-electron chi connectivity index (χ3n) is 12.3. The van der Waals surface area contributed by atoms with E-state index in [9.17, 15) is 23.5 Å². The maximum atomic E-state index is 14.7. The molecule has 1 aliphatic carbocycles. The van der Waals surface area contributed by atoms with Crippen molar-refractivity contribution in [3.8, 4) is 11.5 Å². The number of unbranched alkanes of at least 4 members (excludes halogenated alkanes) is 1. The Balaban J connectivity index is 0.000000331. The number of urea groups is 2. The fraction of sp³-hybridized carbons (Fsp3) is 0.702. The number of piperidine rings is 2. The lowest BCUT2D eigenvalue weighted by molar-refractivity contribution is -0.0577. The number of hydrogen-bond acceptors (Lipinski definition) is 7. The molecule has 1 saturated carbocycles. The predicted molar refractivity (Wildman–Crippen MR) is 235 cm³/mol. The molecule has 2 heterocycles. The monoisotopic (exact) mass is 843 g/mol. The summed E-state index contributed by atoms with van der Waals surface area (Å²) < 4.78 is 39.4. The van der Waals surface area contributed by atoms with Gasteiger partial charge in [0.15, 0.2) is 0 Å². The Morgan fingerprint density at radius 3 is 2.08 bits per heavy atom. The van der Waals surface area contributed by atoms with E-state index in [0.29, 0.717) is 74.9 Å². The minimum absolute atomic E-state index is 0.00950. The van der Waals surface area contributed by atoms with Crippen molar-refractivity contribution in [2.75, 3.05) is 67.1 Å². The number of carbonyl (C=O) groups excluding carboxylic acids is 2. The van der Waals surface area contributed by atoms with Gasteiger partial charge in [0.1, 0.15) is 23.1 Å². The molecular weight excluding hydrogens is 767 g/mol. The molecule has 4 atom stereocenters. The van der Waals surface area contributed by atoms with Gasteiger partial charge in [-0.25, -0.2) is 18.4 Å². The molecule has 5 rings (SSSR count). The normalized spacial score (nSPS) is 19.4. The van der Waals surface area contributed by atoms with Gasteiger partial charge in [0.05, 0.1) is 5.60 Å². The fourth-order valence-corrected chi connectivity index (χ4v) is 9.21. The molecule has 0 bridgehead atoms. The first-order valence-electron chi connectivity index (χ1n) is 22.8. The highest BCUT2D eigenvalue weighted by molar-refractivity contribution is 5.75. The van der Waals surface area contributed by atoms with Crippen molar-refractivity contribution in [3.63, 3.8) is 0 Å². The van der Waals surface area contributed by atoms with Crippen LogP contribution in [0.25, 0.3) is 0 Å². The second kappa shape index (κ2) is 26.1. The molecule has 2 aromatic carbocycles. The van der Waals surface area contributed by atoms with E-state index in [-0.39, 0.29) is 30.1 Å². The van der Waals surface area contributed by atoms with Crippen LogP contribution in [0.1, 0.15) is 116 Å². The summed E-state index contributed by atoms with van der Waals surface area (Å²) in [6.07, 6.45) is 15.5. The SMILES string of the molecule is CNC[C@H](CC(C)C)NC(=O)N1CCC[C@@H]([C@@](O)(CCCCOC)c2cc(F)ccc2Oc2ccc(F)cc2)C1.CNC[C@H](CC1CCCCC1)NC(=O)N1CCCCC1. The molecule has 11 nitrogen and oxygen atoms in total.